The summed E-state index contributed by atoms with van der Waals surface area (Å²) in [6.45, 7) is 2.99. The Balaban J connectivity index is 2.45. The molecule has 0 bridgehead atoms. The Labute approximate surface area is 79.0 Å². The number of rotatable bonds is 3. The van der Waals surface area contributed by atoms with Crippen molar-refractivity contribution in [1.82, 2.24) is 0 Å². The molecule has 3 heteroatoms. The smallest absolute Gasteiger partial charge is 0.0861 e. The second kappa shape index (κ2) is 5.41. The zero-order valence-corrected chi connectivity index (χ0v) is 8.27. The van der Waals surface area contributed by atoms with Crippen molar-refractivity contribution < 1.29 is 4.74 Å². The Morgan fingerprint density at radius 3 is 3.00 bits per heavy atom. The summed E-state index contributed by atoms with van der Waals surface area (Å²) < 4.78 is 5.60. The average molecular weight is 185 g/mol. The molecule has 0 aromatic carbocycles. The normalized spacial score (nSPS) is 25.9. The van der Waals surface area contributed by atoms with Crippen LogP contribution in [-0.4, -0.2) is 23.9 Å². The van der Waals surface area contributed by atoms with Crippen LogP contribution in [-0.2, 0) is 4.74 Å². The molecule has 1 aliphatic rings. The van der Waals surface area contributed by atoms with Gasteiger partial charge in [0.05, 0.1) is 17.3 Å². The summed E-state index contributed by atoms with van der Waals surface area (Å²) in [6, 6.07) is 0.239. The van der Waals surface area contributed by atoms with Crippen molar-refractivity contribution in [2.75, 3.05) is 6.61 Å². The molecule has 2 nitrogen and oxygen atoms in total. The van der Waals surface area contributed by atoms with E-state index in [1.165, 1.54) is 12.8 Å². The minimum Gasteiger partial charge on any atom is -0.376 e. The SMILES string of the molecule is CC[C@H](N=C=S)[C@@H]1CCCCO1. The third-order valence-electron chi connectivity index (χ3n) is 2.28. The summed E-state index contributed by atoms with van der Waals surface area (Å²) in [5.74, 6) is 0. The molecule has 0 radical (unpaired) electrons. The monoisotopic (exact) mass is 185 g/mol. The highest BCUT2D eigenvalue weighted by atomic mass is 32.1. The molecule has 0 aliphatic carbocycles. The Morgan fingerprint density at radius 2 is 2.50 bits per heavy atom. The second-order valence-electron chi connectivity index (χ2n) is 3.10. The topological polar surface area (TPSA) is 21.6 Å². The first kappa shape index (κ1) is 9.85. The third kappa shape index (κ3) is 2.67. The van der Waals surface area contributed by atoms with Crippen molar-refractivity contribution in [3.63, 3.8) is 0 Å². The maximum absolute atomic E-state index is 5.60. The van der Waals surface area contributed by atoms with E-state index in [2.05, 4.69) is 29.3 Å². The fourth-order valence-corrected chi connectivity index (χ4v) is 1.71. The van der Waals surface area contributed by atoms with Gasteiger partial charge in [-0.25, -0.2) is 4.99 Å². The molecule has 1 rings (SSSR count). The molecule has 1 fully saturated rings. The van der Waals surface area contributed by atoms with Crippen molar-refractivity contribution in [2.24, 2.45) is 4.99 Å². The molecule has 1 saturated heterocycles. The molecule has 0 aromatic heterocycles. The van der Waals surface area contributed by atoms with Gasteiger partial charge in [-0.3, -0.25) is 0 Å². The van der Waals surface area contributed by atoms with Gasteiger partial charge in [0.2, 0.25) is 0 Å². The van der Waals surface area contributed by atoms with Crippen molar-refractivity contribution >= 4 is 17.4 Å². The fraction of sp³-hybridized carbons (Fsp3) is 0.889. The first-order chi connectivity index (χ1) is 5.88. The Morgan fingerprint density at radius 1 is 1.67 bits per heavy atom. The summed E-state index contributed by atoms with van der Waals surface area (Å²) in [5.41, 5.74) is 0. The molecular weight excluding hydrogens is 170 g/mol. The largest absolute Gasteiger partial charge is 0.376 e. The molecule has 0 spiro atoms. The van der Waals surface area contributed by atoms with Gasteiger partial charge in [-0.1, -0.05) is 6.92 Å². The summed E-state index contributed by atoms with van der Waals surface area (Å²) in [5, 5.41) is 2.44. The van der Waals surface area contributed by atoms with E-state index in [0.717, 1.165) is 19.4 Å². The third-order valence-corrected chi connectivity index (χ3v) is 2.39. The number of ether oxygens (including phenoxy) is 1. The fourth-order valence-electron chi connectivity index (χ4n) is 1.57. The minimum absolute atomic E-state index is 0.239. The summed E-state index contributed by atoms with van der Waals surface area (Å²) in [6.07, 6.45) is 4.86. The van der Waals surface area contributed by atoms with E-state index >= 15 is 0 Å². The van der Waals surface area contributed by atoms with E-state index in [9.17, 15) is 0 Å². The molecule has 1 heterocycles. The molecule has 0 saturated carbocycles. The molecule has 68 valence electrons. The predicted molar refractivity (Wildman–Crippen MR) is 52.7 cm³/mol. The lowest BCUT2D eigenvalue weighted by molar-refractivity contribution is 0.000608. The van der Waals surface area contributed by atoms with Crippen LogP contribution in [0.5, 0.6) is 0 Å². The van der Waals surface area contributed by atoms with Gasteiger partial charge in [-0.2, -0.15) is 0 Å². The highest BCUT2D eigenvalue weighted by Gasteiger charge is 2.21. The standard InChI is InChI=1S/C9H15NOS/c1-2-8(10-7-12)9-5-3-4-6-11-9/h8-9H,2-6H2,1H3/t8-,9-/m0/s1. The van der Waals surface area contributed by atoms with Gasteiger partial charge >= 0.3 is 0 Å². The van der Waals surface area contributed by atoms with Crippen LogP contribution in [0.3, 0.4) is 0 Å². The van der Waals surface area contributed by atoms with E-state index in [0.29, 0.717) is 6.10 Å². The Kier molecular flexibility index (Phi) is 4.44. The molecule has 0 N–H and O–H groups in total. The van der Waals surface area contributed by atoms with Crippen LogP contribution in [0.2, 0.25) is 0 Å². The zero-order chi connectivity index (χ0) is 8.81. The van der Waals surface area contributed by atoms with Crippen LogP contribution < -0.4 is 0 Å². The Hall–Kier alpha value is -0.240. The lowest BCUT2D eigenvalue weighted by Gasteiger charge is -2.26. The molecule has 0 amide bonds. The first-order valence-corrected chi connectivity index (χ1v) is 4.98. The van der Waals surface area contributed by atoms with Crippen LogP contribution in [0, 0.1) is 0 Å². The van der Waals surface area contributed by atoms with Gasteiger partial charge in [-0.05, 0) is 37.9 Å². The van der Waals surface area contributed by atoms with Gasteiger partial charge in [0.15, 0.2) is 0 Å². The van der Waals surface area contributed by atoms with Gasteiger partial charge in [0.1, 0.15) is 0 Å². The van der Waals surface area contributed by atoms with E-state index in [1.807, 2.05) is 0 Å². The highest BCUT2D eigenvalue weighted by Crippen LogP contribution is 2.19. The summed E-state index contributed by atoms with van der Waals surface area (Å²) >= 11 is 4.59. The van der Waals surface area contributed by atoms with Crippen LogP contribution in [0.25, 0.3) is 0 Å². The van der Waals surface area contributed by atoms with Crippen molar-refractivity contribution in [2.45, 2.75) is 44.8 Å². The predicted octanol–water partition coefficient (Wildman–Crippen LogP) is 2.44. The highest BCUT2D eigenvalue weighted by molar-refractivity contribution is 7.78. The lowest BCUT2D eigenvalue weighted by atomic mass is 10.0. The average Bonchev–Trinajstić information content (AvgIpc) is 2.15. The van der Waals surface area contributed by atoms with E-state index in [4.69, 9.17) is 4.74 Å². The number of isothiocyanates is 1. The van der Waals surface area contributed by atoms with Crippen LogP contribution >= 0.6 is 12.2 Å². The summed E-state index contributed by atoms with van der Waals surface area (Å²) in [4.78, 5) is 4.11. The maximum Gasteiger partial charge on any atom is 0.0861 e. The van der Waals surface area contributed by atoms with Gasteiger partial charge in [-0.15, -0.1) is 0 Å². The Bertz CT molecular complexity index is 171. The molecular formula is C9H15NOS. The second-order valence-corrected chi connectivity index (χ2v) is 3.28. The van der Waals surface area contributed by atoms with Gasteiger partial charge in [0, 0.05) is 6.61 Å². The first-order valence-electron chi connectivity index (χ1n) is 4.57. The number of thiocarbonyl (C=S) groups is 1. The van der Waals surface area contributed by atoms with Crippen LogP contribution in [0.4, 0.5) is 0 Å². The number of aliphatic imine (C=N–C) groups is 1. The lowest BCUT2D eigenvalue weighted by Crippen LogP contribution is -2.30. The van der Waals surface area contributed by atoms with Gasteiger partial charge < -0.3 is 4.74 Å². The molecule has 1 aliphatic heterocycles. The minimum atomic E-state index is 0.239. The molecule has 12 heavy (non-hydrogen) atoms. The van der Waals surface area contributed by atoms with E-state index in [-0.39, 0.29) is 6.04 Å². The molecule has 0 unspecified atom stereocenters. The van der Waals surface area contributed by atoms with Crippen molar-refractivity contribution in [3.8, 4) is 0 Å². The molecule has 2 atom stereocenters. The molecule has 0 aromatic rings. The quantitative estimate of drug-likeness (QED) is 0.497. The van der Waals surface area contributed by atoms with E-state index in [1.54, 1.807) is 0 Å². The number of nitrogens with zero attached hydrogens (tertiary/aromatic N) is 1. The van der Waals surface area contributed by atoms with E-state index < -0.39 is 0 Å². The van der Waals surface area contributed by atoms with Crippen LogP contribution in [0.15, 0.2) is 4.99 Å². The number of hydrogen-bond acceptors (Lipinski definition) is 3. The summed E-state index contributed by atoms with van der Waals surface area (Å²) in [7, 11) is 0. The van der Waals surface area contributed by atoms with Crippen molar-refractivity contribution in [3.05, 3.63) is 0 Å². The van der Waals surface area contributed by atoms with Crippen LogP contribution in [0.1, 0.15) is 32.6 Å². The van der Waals surface area contributed by atoms with Gasteiger partial charge in [0.25, 0.3) is 0 Å². The number of hydrogen-bond donors (Lipinski definition) is 0. The maximum atomic E-state index is 5.60. The van der Waals surface area contributed by atoms with Crippen molar-refractivity contribution in [1.29, 1.82) is 0 Å². The zero-order valence-electron chi connectivity index (χ0n) is 7.45.